The number of piperidine rings is 1. The van der Waals surface area contributed by atoms with Crippen molar-refractivity contribution >= 4 is 29.9 Å². The summed E-state index contributed by atoms with van der Waals surface area (Å²) in [5, 5.41) is 8.93. The van der Waals surface area contributed by atoms with Gasteiger partial charge in [0.15, 0.2) is 0 Å². The van der Waals surface area contributed by atoms with Crippen molar-refractivity contribution in [1.29, 1.82) is 0 Å². The lowest BCUT2D eigenvalue weighted by atomic mass is 9.78. The molecule has 0 saturated carbocycles. The molecule has 0 aliphatic carbocycles. The monoisotopic (exact) mass is 367 g/mol. The molecule has 0 atom stereocenters. The van der Waals surface area contributed by atoms with Gasteiger partial charge in [0.2, 0.25) is 5.91 Å². The first-order valence-corrected chi connectivity index (χ1v) is 8.11. The Balaban J connectivity index is 0.00000312. The van der Waals surface area contributed by atoms with Crippen LogP contribution in [0.1, 0.15) is 23.2 Å². The Morgan fingerprint density at radius 3 is 2.48 bits per heavy atom. The maximum absolute atomic E-state index is 12.7. The summed E-state index contributed by atoms with van der Waals surface area (Å²) in [6.07, 6.45) is 3.12. The molecule has 3 N–H and O–H groups in total. The van der Waals surface area contributed by atoms with E-state index in [2.05, 4.69) is 22.5 Å². The molecule has 1 fully saturated rings. The van der Waals surface area contributed by atoms with Gasteiger partial charge in [0.1, 0.15) is 0 Å². The maximum atomic E-state index is 12.7. The van der Waals surface area contributed by atoms with Crippen LogP contribution in [0.15, 0.2) is 36.9 Å². The first-order valence-electron chi connectivity index (χ1n) is 8.11. The smallest absolute Gasteiger partial charge is 0.251 e. The van der Waals surface area contributed by atoms with Gasteiger partial charge in [0.05, 0.1) is 12.0 Å². The number of hydrogen-bond donors (Lipinski definition) is 3. The Morgan fingerprint density at radius 2 is 1.92 bits per heavy atom. The maximum Gasteiger partial charge on any atom is 0.251 e. The van der Waals surface area contributed by atoms with Crippen molar-refractivity contribution in [3.8, 4) is 0 Å². The van der Waals surface area contributed by atoms with Crippen LogP contribution >= 0.6 is 12.4 Å². The molecule has 2 amide bonds. The lowest BCUT2D eigenvalue weighted by Gasteiger charge is -2.35. The lowest BCUT2D eigenvalue weighted by molar-refractivity contribution is -0.130. The number of rotatable bonds is 7. The fraction of sp³-hybridized carbons (Fsp3) is 0.444. The predicted octanol–water partition coefficient (Wildman–Crippen LogP) is 1.98. The van der Waals surface area contributed by atoms with E-state index in [1.807, 2.05) is 0 Å². The van der Waals surface area contributed by atoms with Crippen molar-refractivity contribution in [2.45, 2.75) is 12.8 Å². The van der Waals surface area contributed by atoms with Gasteiger partial charge >= 0.3 is 0 Å². The summed E-state index contributed by atoms with van der Waals surface area (Å²) in [6, 6.07) is 6.86. The van der Waals surface area contributed by atoms with E-state index in [1.165, 1.54) is 0 Å². The Morgan fingerprint density at radius 1 is 1.28 bits per heavy atom. The van der Waals surface area contributed by atoms with Gasteiger partial charge in [-0.25, -0.2) is 0 Å². The molecule has 0 radical (unpaired) electrons. The fourth-order valence-electron chi connectivity index (χ4n) is 2.85. The quantitative estimate of drug-likeness (QED) is 0.644. The van der Waals surface area contributed by atoms with Crippen LogP contribution in [0.4, 0.5) is 5.69 Å². The normalized spacial score (nSPS) is 15.6. The van der Waals surface area contributed by atoms with Crippen LogP contribution in [0.2, 0.25) is 0 Å². The number of ether oxygens (including phenoxy) is 1. The van der Waals surface area contributed by atoms with E-state index < -0.39 is 5.41 Å². The van der Waals surface area contributed by atoms with Gasteiger partial charge in [-0.2, -0.15) is 0 Å². The van der Waals surface area contributed by atoms with Crippen LogP contribution in [0, 0.1) is 5.41 Å². The van der Waals surface area contributed by atoms with Crippen molar-refractivity contribution in [2.24, 2.45) is 5.41 Å². The molecule has 0 unspecified atom stereocenters. The molecule has 25 heavy (non-hydrogen) atoms. The predicted molar refractivity (Wildman–Crippen MR) is 101 cm³/mol. The molecule has 6 nitrogen and oxygen atoms in total. The molecule has 1 aliphatic heterocycles. The zero-order chi connectivity index (χ0) is 17.4. The molecule has 0 aromatic heterocycles. The van der Waals surface area contributed by atoms with Gasteiger partial charge in [-0.1, -0.05) is 6.08 Å². The van der Waals surface area contributed by atoms with E-state index in [1.54, 1.807) is 37.5 Å². The fourth-order valence-corrected chi connectivity index (χ4v) is 2.85. The van der Waals surface area contributed by atoms with Gasteiger partial charge in [-0.05, 0) is 50.2 Å². The molecular formula is C18H26ClN3O3. The van der Waals surface area contributed by atoms with E-state index in [-0.39, 0.29) is 24.2 Å². The second-order valence-corrected chi connectivity index (χ2v) is 5.99. The largest absolute Gasteiger partial charge is 0.384 e. The number of carbonyl (C=O) groups excluding carboxylic acids is 2. The number of halogens is 1. The Hall–Kier alpha value is -1.89. The summed E-state index contributed by atoms with van der Waals surface area (Å²) >= 11 is 0. The molecule has 0 bridgehead atoms. The lowest BCUT2D eigenvalue weighted by Crippen LogP contribution is -2.47. The van der Waals surface area contributed by atoms with Crippen molar-refractivity contribution < 1.29 is 14.3 Å². The highest BCUT2D eigenvalue weighted by Gasteiger charge is 2.39. The second kappa shape index (κ2) is 10.2. The number of carbonyl (C=O) groups is 2. The van der Waals surface area contributed by atoms with Crippen LogP contribution in [0.25, 0.3) is 0 Å². The van der Waals surface area contributed by atoms with Crippen molar-refractivity contribution in [3.63, 3.8) is 0 Å². The number of anilines is 1. The third-order valence-corrected chi connectivity index (χ3v) is 4.27. The summed E-state index contributed by atoms with van der Waals surface area (Å²) in [5.74, 6) is -0.198. The Labute approximate surface area is 154 Å². The van der Waals surface area contributed by atoms with E-state index in [0.29, 0.717) is 24.4 Å². The minimum atomic E-state index is -0.500. The van der Waals surface area contributed by atoms with Crippen LogP contribution in [0.3, 0.4) is 0 Å². The number of nitrogens with one attached hydrogen (secondary N) is 3. The van der Waals surface area contributed by atoms with E-state index in [9.17, 15) is 9.59 Å². The molecule has 0 spiro atoms. The average Bonchev–Trinajstić information content (AvgIpc) is 2.61. The molecule has 138 valence electrons. The Bertz CT molecular complexity index is 578. The molecule has 1 saturated heterocycles. The van der Waals surface area contributed by atoms with Crippen LogP contribution in [-0.2, 0) is 9.53 Å². The van der Waals surface area contributed by atoms with Gasteiger partial charge in [0.25, 0.3) is 5.91 Å². The zero-order valence-corrected chi connectivity index (χ0v) is 15.3. The van der Waals surface area contributed by atoms with Gasteiger partial charge in [-0.15, -0.1) is 19.0 Å². The van der Waals surface area contributed by atoms with Crippen molar-refractivity contribution in [2.75, 3.05) is 38.7 Å². The standard InChI is InChI=1S/C18H25N3O3.ClH/c1-3-10-20-16(22)14-4-6-15(7-5-14)21-17(23)18(13-24-2)8-11-19-12-9-18;/h3-7,19H,1,8-13H2,2H3,(H,20,22)(H,21,23);1H. The van der Waals surface area contributed by atoms with Gasteiger partial charge in [-0.3, -0.25) is 9.59 Å². The van der Waals surface area contributed by atoms with Crippen molar-refractivity contribution in [1.82, 2.24) is 10.6 Å². The first-order chi connectivity index (χ1) is 11.6. The molecule has 1 heterocycles. The highest BCUT2D eigenvalue weighted by atomic mass is 35.5. The van der Waals surface area contributed by atoms with E-state index in [4.69, 9.17) is 4.74 Å². The van der Waals surface area contributed by atoms with E-state index >= 15 is 0 Å². The summed E-state index contributed by atoms with van der Waals surface area (Å²) in [4.78, 5) is 24.6. The highest BCUT2D eigenvalue weighted by Crippen LogP contribution is 2.30. The minimum Gasteiger partial charge on any atom is -0.384 e. The number of hydrogen-bond acceptors (Lipinski definition) is 4. The number of benzene rings is 1. The van der Waals surface area contributed by atoms with Crippen molar-refractivity contribution in [3.05, 3.63) is 42.5 Å². The van der Waals surface area contributed by atoms with Gasteiger partial charge in [0, 0.05) is 24.9 Å². The topological polar surface area (TPSA) is 79.5 Å². The second-order valence-electron chi connectivity index (χ2n) is 5.99. The molecule has 7 heteroatoms. The Kier molecular flexibility index (Phi) is 8.61. The van der Waals surface area contributed by atoms with E-state index in [0.717, 1.165) is 25.9 Å². The SMILES string of the molecule is C=CCNC(=O)c1ccc(NC(=O)C2(COC)CCNCC2)cc1.Cl. The molecule has 2 rings (SSSR count). The van der Waals surface area contributed by atoms with Crippen LogP contribution < -0.4 is 16.0 Å². The highest BCUT2D eigenvalue weighted by molar-refractivity contribution is 5.97. The molecule has 1 aromatic rings. The molecule has 1 aliphatic rings. The summed E-state index contributed by atoms with van der Waals surface area (Å²) in [5.41, 5.74) is 0.720. The zero-order valence-electron chi connectivity index (χ0n) is 14.5. The average molecular weight is 368 g/mol. The molecular weight excluding hydrogens is 342 g/mol. The third-order valence-electron chi connectivity index (χ3n) is 4.27. The summed E-state index contributed by atoms with van der Waals surface area (Å²) in [7, 11) is 1.62. The van der Waals surface area contributed by atoms with Crippen LogP contribution in [0.5, 0.6) is 0 Å². The third kappa shape index (κ3) is 5.56. The van der Waals surface area contributed by atoms with Gasteiger partial charge < -0.3 is 20.7 Å². The summed E-state index contributed by atoms with van der Waals surface area (Å²) in [6.45, 7) is 6.00. The molecule has 1 aromatic carbocycles. The number of methoxy groups -OCH3 is 1. The van der Waals surface area contributed by atoms with Crippen LogP contribution in [-0.4, -0.2) is 45.2 Å². The first kappa shape index (κ1) is 21.2. The number of amides is 2. The minimum absolute atomic E-state index is 0. The summed E-state index contributed by atoms with van der Waals surface area (Å²) < 4.78 is 5.28.